The molecule has 1 aromatic heterocycles. The molecule has 4 nitrogen and oxygen atoms in total. The highest BCUT2D eigenvalue weighted by atomic mass is 127. The molecule has 0 saturated heterocycles. The Morgan fingerprint density at radius 3 is 2.81 bits per heavy atom. The summed E-state index contributed by atoms with van der Waals surface area (Å²) in [7, 11) is 0. The second-order valence-corrected chi connectivity index (χ2v) is 4.98. The molecular formula is C9H5Cl2IN2O2. The minimum absolute atomic E-state index is 0.302. The number of benzene rings is 1. The minimum atomic E-state index is -1.14. The van der Waals surface area contributed by atoms with Crippen molar-refractivity contribution in [2.75, 3.05) is 5.32 Å². The smallest absolute Gasteiger partial charge is 0.409 e. The largest absolute Gasteiger partial charge is 0.465 e. The van der Waals surface area contributed by atoms with E-state index in [-0.39, 0.29) is 0 Å². The van der Waals surface area contributed by atoms with Crippen LogP contribution in [0.2, 0.25) is 10.0 Å². The van der Waals surface area contributed by atoms with Crippen LogP contribution in [0.15, 0.2) is 12.3 Å². The van der Waals surface area contributed by atoms with E-state index in [1.165, 1.54) is 6.07 Å². The van der Waals surface area contributed by atoms with Crippen LogP contribution in [0.4, 0.5) is 10.5 Å². The van der Waals surface area contributed by atoms with Crippen molar-refractivity contribution < 1.29 is 9.90 Å². The van der Waals surface area contributed by atoms with Gasteiger partial charge in [-0.2, -0.15) is 0 Å². The molecule has 0 spiro atoms. The molecule has 1 aromatic carbocycles. The van der Waals surface area contributed by atoms with Crippen molar-refractivity contribution in [3.63, 3.8) is 0 Å². The van der Waals surface area contributed by atoms with E-state index in [1.54, 1.807) is 6.20 Å². The molecule has 0 fully saturated rings. The molecule has 16 heavy (non-hydrogen) atoms. The van der Waals surface area contributed by atoms with Gasteiger partial charge in [0.25, 0.3) is 0 Å². The molecule has 7 heteroatoms. The third-order valence-corrected chi connectivity index (χ3v) is 3.68. The van der Waals surface area contributed by atoms with Gasteiger partial charge in [0.05, 0.1) is 21.2 Å². The number of hydrogen-bond donors (Lipinski definition) is 3. The molecular weight excluding hydrogens is 366 g/mol. The van der Waals surface area contributed by atoms with Crippen LogP contribution in [0.5, 0.6) is 0 Å². The SMILES string of the molecule is O=C(O)Nc1cc(Cl)c(Cl)c2[nH]cc(I)c12. The van der Waals surface area contributed by atoms with E-state index < -0.39 is 6.09 Å². The zero-order chi connectivity index (χ0) is 11.9. The van der Waals surface area contributed by atoms with E-state index in [1.807, 2.05) is 0 Å². The normalized spacial score (nSPS) is 10.7. The molecule has 0 aliphatic heterocycles. The molecule has 0 atom stereocenters. The standard InChI is InChI=1S/C9H5Cl2IN2O2/c10-3-1-5(14-9(15)16)6-4(12)2-13-8(6)7(3)11/h1-2,13-14H,(H,15,16). The van der Waals surface area contributed by atoms with Crippen LogP contribution in [-0.2, 0) is 0 Å². The lowest BCUT2D eigenvalue weighted by Crippen LogP contribution is -2.07. The maximum absolute atomic E-state index is 10.6. The molecule has 0 bridgehead atoms. The van der Waals surface area contributed by atoms with Gasteiger partial charge in [-0.15, -0.1) is 0 Å². The Kier molecular flexibility index (Phi) is 3.18. The predicted molar refractivity (Wildman–Crippen MR) is 72.7 cm³/mol. The van der Waals surface area contributed by atoms with Gasteiger partial charge >= 0.3 is 6.09 Å². The van der Waals surface area contributed by atoms with E-state index in [4.69, 9.17) is 28.3 Å². The molecule has 0 aliphatic rings. The van der Waals surface area contributed by atoms with E-state index in [2.05, 4.69) is 32.9 Å². The van der Waals surface area contributed by atoms with Crippen molar-refractivity contribution in [3.8, 4) is 0 Å². The summed E-state index contributed by atoms with van der Waals surface area (Å²) in [6, 6.07) is 1.50. The molecule has 3 N–H and O–H groups in total. The van der Waals surface area contributed by atoms with Gasteiger partial charge in [0.15, 0.2) is 0 Å². The van der Waals surface area contributed by atoms with Gasteiger partial charge in [0.1, 0.15) is 0 Å². The first-order chi connectivity index (χ1) is 7.50. The van der Waals surface area contributed by atoms with Gasteiger partial charge in [-0.25, -0.2) is 4.79 Å². The topological polar surface area (TPSA) is 65.1 Å². The van der Waals surface area contributed by atoms with Crippen molar-refractivity contribution in [1.82, 2.24) is 4.98 Å². The number of amides is 1. The average Bonchev–Trinajstić information content (AvgIpc) is 2.56. The number of nitrogens with one attached hydrogen (secondary N) is 2. The fourth-order valence-electron chi connectivity index (χ4n) is 1.43. The number of H-pyrrole nitrogens is 1. The fourth-order valence-corrected chi connectivity index (χ4v) is 2.55. The summed E-state index contributed by atoms with van der Waals surface area (Å²) < 4.78 is 0.870. The van der Waals surface area contributed by atoms with E-state index in [0.29, 0.717) is 21.2 Å². The summed E-state index contributed by atoms with van der Waals surface area (Å²) in [4.78, 5) is 13.6. The lowest BCUT2D eigenvalue weighted by atomic mass is 10.2. The average molecular weight is 371 g/mol. The monoisotopic (exact) mass is 370 g/mol. The third-order valence-electron chi connectivity index (χ3n) is 2.04. The maximum atomic E-state index is 10.6. The number of aromatic amines is 1. The highest BCUT2D eigenvalue weighted by Crippen LogP contribution is 2.37. The molecule has 84 valence electrons. The molecule has 2 aromatic rings. The quantitative estimate of drug-likeness (QED) is 0.659. The molecule has 0 aliphatic carbocycles. The van der Waals surface area contributed by atoms with Gasteiger partial charge in [-0.3, -0.25) is 5.32 Å². The van der Waals surface area contributed by atoms with Crippen molar-refractivity contribution in [2.24, 2.45) is 0 Å². The molecule has 2 rings (SSSR count). The first-order valence-electron chi connectivity index (χ1n) is 4.15. The van der Waals surface area contributed by atoms with Gasteiger partial charge in [0.2, 0.25) is 0 Å². The fraction of sp³-hybridized carbons (Fsp3) is 0. The molecule has 0 radical (unpaired) electrons. The number of hydrogen-bond acceptors (Lipinski definition) is 1. The second kappa shape index (κ2) is 4.31. The summed E-state index contributed by atoms with van der Waals surface area (Å²) >= 11 is 14.0. The van der Waals surface area contributed by atoms with E-state index in [9.17, 15) is 4.79 Å². The number of carboxylic acid groups (broad SMARTS) is 1. The van der Waals surface area contributed by atoms with E-state index in [0.717, 1.165) is 8.96 Å². The first kappa shape index (κ1) is 11.8. The highest BCUT2D eigenvalue weighted by molar-refractivity contribution is 14.1. The Morgan fingerprint density at radius 1 is 1.50 bits per heavy atom. The van der Waals surface area contributed by atoms with Crippen LogP contribution < -0.4 is 5.32 Å². The zero-order valence-electron chi connectivity index (χ0n) is 7.64. The number of halogens is 3. The summed E-state index contributed by atoms with van der Waals surface area (Å²) in [6.07, 6.45) is 0.595. The van der Waals surface area contributed by atoms with E-state index >= 15 is 0 Å². The van der Waals surface area contributed by atoms with Crippen LogP contribution in [0.3, 0.4) is 0 Å². The van der Waals surface area contributed by atoms with Crippen LogP contribution in [0.25, 0.3) is 10.9 Å². The van der Waals surface area contributed by atoms with Crippen LogP contribution in [0.1, 0.15) is 0 Å². The molecule has 0 unspecified atom stereocenters. The third kappa shape index (κ3) is 1.94. The Bertz CT molecular complexity index is 582. The zero-order valence-corrected chi connectivity index (χ0v) is 11.3. The number of rotatable bonds is 1. The number of anilines is 1. The Hall–Kier alpha value is -0.660. The van der Waals surface area contributed by atoms with Crippen LogP contribution >= 0.6 is 45.8 Å². The Balaban J connectivity index is 2.77. The first-order valence-corrected chi connectivity index (χ1v) is 5.98. The lowest BCUT2D eigenvalue weighted by Gasteiger charge is -2.06. The van der Waals surface area contributed by atoms with Gasteiger partial charge in [0, 0.05) is 15.2 Å². The molecule has 1 heterocycles. The Morgan fingerprint density at radius 2 is 2.19 bits per heavy atom. The second-order valence-electron chi connectivity index (χ2n) is 3.04. The van der Waals surface area contributed by atoms with Crippen molar-refractivity contribution in [1.29, 1.82) is 0 Å². The van der Waals surface area contributed by atoms with Gasteiger partial charge in [-0.1, -0.05) is 23.2 Å². The van der Waals surface area contributed by atoms with Crippen LogP contribution in [0, 0.1) is 3.57 Å². The van der Waals surface area contributed by atoms with Gasteiger partial charge < -0.3 is 10.1 Å². The number of fused-ring (bicyclic) bond motifs is 1. The highest BCUT2D eigenvalue weighted by Gasteiger charge is 2.14. The lowest BCUT2D eigenvalue weighted by molar-refractivity contribution is 0.210. The number of aromatic nitrogens is 1. The van der Waals surface area contributed by atoms with Gasteiger partial charge in [-0.05, 0) is 28.7 Å². The maximum Gasteiger partial charge on any atom is 0.409 e. The number of carbonyl (C=O) groups is 1. The van der Waals surface area contributed by atoms with Crippen LogP contribution in [-0.4, -0.2) is 16.2 Å². The Labute approximate surface area is 114 Å². The summed E-state index contributed by atoms with van der Waals surface area (Å²) in [5, 5.41) is 12.4. The predicted octanol–water partition coefficient (Wildman–Crippen LogP) is 4.17. The summed E-state index contributed by atoms with van der Waals surface area (Å²) in [6.45, 7) is 0. The minimum Gasteiger partial charge on any atom is -0.465 e. The van der Waals surface area contributed by atoms with Crippen molar-refractivity contribution >= 4 is 68.5 Å². The summed E-state index contributed by atoms with van der Waals surface area (Å²) in [5.41, 5.74) is 1.05. The molecule has 0 saturated carbocycles. The van der Waals surface area contributed by atoms with Crippen molar-refractivity contribution in [3.05, 3.63) is 25.9 Å². The molecule has 1 amide bonds. The van der Waals surface area contributed by atoms with Crippen molar-refractivity contribution in [2.45, 2.75) is 0 Å². The summed E-state index contributed by atoms with van der Waals surface area (Å²) in [5.74, 6) is 0.